The molecule has 1 unspecified atom stereocenters. The van der Waals surface area contributed by atoms with Crippen molar-refractivity contribution < 1.29 is 14.3 Å². The number of hydrogen-bond donors (Lipinski definition) is 0. The zero-order chi connectivity index (χ0) is 9.68. The second kappa shape index (κ2) is 5.22. The molecule has 1 fully saturated rings. The summed E-state index contributed by atoms with van der Waals surface area (Å²) < 4.78 is 10.4. The average molecular weight is 186 g/mol. The van der Waals surface area contributed by atoms with Gasteiger partial charge in [0.05, 0.1) is 6.10 Å². The maximum atomic E-state index is 10.8. The number of hydrogen-bond acceptors (Lipinski definition) is 3. The Hall–Kier alpha value is -0.570. The van der Waals surface area contributed by atoms with Gasteiger partial charge in [0.1, 0.15) is 6.61 Å². The van der Waals surface area contributed by atoms with E-state index in [0.717, 1.165) is 12.5 Å². The average Bonchev–Trinajstić information content (AvgIpc) is 2.94. The zero-order valence-electron chi connectivity index (χ0n) is 8.41. The highest BCUT2D eigenvalue weighted by Crippen LogP contribution is 2.29. The third kappa shape index (κ3) is 4.88. The molecule has 1 saturated carbocycles. The lowest BCUT2D eigenvalue weighted by Crippen LogP contribution is -2.19. The van der Waals surface area contributed by atoms with E-state index in [1.54, 1.807) is 6.92 Å². The molecule has 0 aliphatic heterocycles. The second-order valence-electron chi connectivity index (χ2n) is 3.62. The summed E-state index contributed by atoms with van der Waals surface area (Å²) in [5, 5.41) is 0. The maximum Gasteiger partial charge on any atom is 0.305 e. The second-order valence-corrected chi connectivity index (χ2v) is 3.62. The Morgan fingerprint density at radius 1 is 1.54 bits per heavy atom. The Kier molecular flexibility index (Phi) is 4.22. The van der Waals surface area contributed by atoms with Gasteiger partial charge in [0.2, 0.25) is 0 Å². The summed E-state index contributed by atoms with van der Waals surface area (Å²) in [5.74, 6) is 0.617. The first-order valence-corrected chi connectivity index (χ1v) is 4.99. The Morgan fingerprint density at radius 2 is 2.23 bits per heavy atom. The highest BCUT2D eigenvalue weighted by molar-refractivity contribution is 5.68. The van der Waals surface area contributed by atoms with Crippen LogP contribution in [0.4, 0.5) is 0 Å². The third-order valence-corrected chi connectivity index (χ3v) is 2.08. The van der Waals surface area contributed by atoms with Gasteiger partial charge >= 0.3 is 5.97 Å². The summed E-state index contributed by atoms with van der Waals surface area (Å²) in [4.78, 5) is 10.8. The van der Waals surface area contributed by atoms with Gasteiger partial charge < -0.3 is 9.47 Å². The van der Waals surface area contributed by atoms with Crippen molar-refractivity contribution in [2.75, 3.05) is 13.2 Å². The summed E-state index contributed by atoms with van der Waals surface area (Å²) >= 11 is 0. The van der Waals surface area contributed by atoms with Crippen LogP contribution in [0.15, 0.2) is 0 Å². The van der Waals surface area contributed by atoms with E-state index in [1.807, 2.05) is 6.92 Å². The van der Waals surface area contributed by atoms with Crippen LogP contribution in [0.25, 0.3) is 0 Å². The van der Waals surface area contributed by atoms with Crippen molar-refractivity contribution in [3.05, 3.63) is 0 Å². The summed E-state index contributed by atoms with van der Waals surface area (Å²) in [6.45, 7) is 4.94. The van der Waals surface area contributed by atoms with Crippen molar-refractivity contribution in [2.45, 2.75) is 39.2 Å². The van der Waals surface area contributed by atoms with Gasteiger partial charge in [0, 0.05) is 13.0 Å². The van der Waals surface area contributed by atoms with Crippen molar-refractivity contribution in [2.24, 2.45) is 5.92 Å². The largest absolute Gasteiger partial charge is 0.463 e. The van der Waals surface area contributed by atoms with Crippen molar-refractivity contribution in [3.63, 3.8) is 0 Å². The molecule has 0 bridgehead atoms. The summed E-state index contributed by atoms with van der Waals surface area (Å²) in [5.41, 5.74) is 0. The van der Waals surface area contributed by atoms with Crippen molar-refractivity contribution in [1.82, 2.24) is 0 Å². The molecule has 1 aliphatic rings. The van der Waals surface area contributed by atoms with E-state index in [4.69, 9.17) is 9.47 Å². The molecule has 76 valence electrons. The lowest BCUT2D eigenvalue weighted by molar-refractivity contribution is -0.147. The molecular weight excluding hydrogens is 168 g/mol. The molecule has 1 rings (SSSR count). The lowest BCUT2D eigenvalue weighted by atomic mass is 10.4. The molecular formula is C10H18O3. The van der Waals surface area contributed by atoms with E-state index in [9.17, 15) is 4.79 Å². The standard InChI is InChI=1S/C10H18O3/c1-3-10(11)13-6-8(2)12-7-9-4-5-9/h8-9H,3-7H2,1-2H3. The van der Waals surface area contributed by atoms with Gasteiger partial charge in [0.15, 0.2) is 0 Å². The fourth-order valence-corrected chi connectivity index (χ4v) is 0.945. The Morgan fingerprint density at radius 3 is 2.77 bits per heavy atom. The van der Waals surface area contributed by atoms with Gasteiger partial charge in [-0.05, 0) is 25.7 Å². The fraction of sp³-hybridized carbons (Fsp3) is 0.900. The van der Waals surface area contributed by atoms with Crippen LogP contribution in [0.2, 0.25) is 0 Å². The van der Waals surface area contributed by atoms with E-state index >= 15 is 0 Å². The molecule has 0 aromatic rings. The van der Waals surface area contributed by atoms with Crippen LogP contribution in [-0.4, -0.2) is 25.3 Å². The molecule has 3 nitrogen and oxygen atoms in total. The molecule has 13 heavy (non-hydrogen) atoms. The van der Waals surface area contributed by atoms with E-state index in [2.05, 4.69) is 0 Å². The van der Waals surface area contributed by atoms with Crippen molar-refractivity contribution in [1.29, 1.82) is 0 Å². The summed E-state index contributed by atoms with van der Waals surface area (Å²) in [6, 6.07) is 0. The molecule has 0 heterocycles. The Balaban J connectivity index is 1.95. The minimum atomic E-state index is -0.151. The number of esters is 1. The van der Waals surface area contributed by atoms with Crippen LogP contribution in [-0.2, 0) is 14.3 Å². The van der Waals surface area contributed by atoms with E-state index < -0.39 is 0 Å². The number of carbonyl (C=O) groups excluding carboxylic acids is 1. The highest BCUT2D eigenvalue weighted by atomic mass is 16.6. The number of rotatable bonds is 6. The molecule has 1 atom stereocenters. The van der Waals surface area contributed by atoms with Crippen LogP contribution in [0.5, 0.6) is 0 Å². The molecule has 0 aromatic carbocycles. The number of carbonyl (C=O) groups is 1. The molecule has 0 N–H and O–H groups in total. The normalized spacial score (nSPS) is 18.3. The molecule has 0 saturated heterocycles. The van der Waals surface area contributed by atoms with Gasteiger partial charge in [-0.3, -0.25) is 4.79 Å². The first-order chi connectivity index (χ1) is 6.22. The number of ether oxygens (including phenoxy) is 2. The topological polar surface area (TPSA) is 35.5 Å². The first kappa shape index (κ1) is 10.5. The van der Waals surface area contributed by atoms with Crippen LogP contribution < -0.4 is 0 Å². The zero-order valence-corrected chi connectivity index (χ0v) is 8.41. The minimum Gasteiger partial charge on any atom is -0.463 e. The van der Waals surface area contributed by atoms with Crippen LogP contribution in [0, 0.1) is 5.92 Å². The van der Waals surface area contributed by atoms with Gasteiger partial charge in [-0.25, -0.2) is 0 Å². The molecule has 0 spiro atoms. The van der Waals surface area contributed by atoms with Crippen molar-refractivity contribution >= 4 is 5.97 Å². The fourth-order valence-electron chi connectivity index (χ4n) is 0.945. The van der Waals surface area contributed by atoms with E-state index in [1.165, 1.54) is 12.8 Å². The molecule has 0 aromatic heterocycles. The lowest BCUT2D eigenvalue weighted by Gasteiger charge is -2.12. The SMILES string of the molecule is CCC(=O)OCC(C)OCC1CC1. The monoisotopic (exact) mass is 186 g/mol. The van der Waals surface area contributed by atoms with Crippen LogP contribution in [0.1, 0.15) is 33.1 Å². The summed E-state index contributed by atoms with van der Waals surface area (Å²) in [7, 11) is 0. The highest BCUT2D eigenvalue weighted by Gasteiger charge is 2.22. The van der Waals surface area contributed by atoms with E-state index in [0.29, 0.717) is 13.0 Å². The minimum absolute atomic E-state index is 0.0381. The maximum absolute atomic E-state index is 10.8. The Labute approximate surface area is 79.4 Å². The molecule has 1 aliphatic carbocycles. The Bertz CT molecular complexity index is 164. The van der Waals surface area contributed by atoms with Gasteiger partial charge in [0.25, 0.3) is 0 Å². The summed E-state index contributed by atoms with van der Waals surface area (Å²) in [6.07, 6.45) is 3.06. The van der Waals surface area contributed by atoms with Crippen LogP contribution >= 0.6 is 0 Å². The first-order valence-electron chi connectivity index (χ1n) is 4.99. The van der Waals surface area contributed by atoms with Crippen LogP contribution in [0.3, 0.4) is 0 Å². The predicted molar refractivity (Wildman–Crippen MR) is 49.4 cm³/mol. The molecule has 3 heteroatoms. The predicted octanol–water partition coefficient (Wildman–Crippen LogP) is 1.75. The van der Waals surface area contributed by atoms with E-state index in [-0.39, 0.29) is 12.1 Å². The van der Waals surface area contributed by atoms with Gasteiger partial charge in [-0.1, -0.05) is 6.92 Å². The molecule has 0 amide bonds. The van der Waals surface area contributed by atoms with Gasteiger partial charge in [-0.2, -0.15) is 0 Å². The molecule has 0 radical (unpaired) electrons. The van der Waals surface area contributed by atoms with Gasteiger partial charge in [-0.15, -0.1) is 0 Å². The third-order valence-electron chi connectivity index (χ3n) is 2.08. The van der Waals surface area contributed by atoms with Crippen molar-refractivity contribution in [3.8, 4) is 0 Å². The smallest absolute Gasteiger partial charge is 0.305 e. The quantitative estimate of drug-likeness (QED) is 0.593.